The first-order valence-corrected chi connectivity index (χ1v) is 12.7. The van der Waals surface area contributed by atoms with Gasteiger partial charge in [0.05, 0.1) is 28.6 Å². The number of allylic oxidation sites excluding steroid dienone is 1. The van der Waals surface area contributed by atoms with Crippen LogP contribution in [0.15, 0.2) is 46.7 Å². The van der Waals surface area contributed by atoms with Crippen LogP contribution in [-0.4, -0.2) is 47.6 Å². The second kappa shape index (κ2) is 12.4. The second-order valence-corrected chi connectivity index (χ2v) is 9.89. The topological polar surface area (TPSA) is 70.0 Å². The van der Waals surface area contributed by atoms with Crippen molar-refractivity contribution in [2.75, 3.05) is 20.7 Å². The van der Waals surface area contributed by atoms with E-state index in [0.717, 1.165) is 32.1 Å². The van der Waals surface area contributed by atoms with Crippen LogP contribution in [0.5, 0.6) is 5.75 Å². The van der Waals surface area contributed by atoms with Crippen molar-refractivity contribution in [1.29, 1.82) is 0 Å². The van der Waals surface area contributed by atoms with E-state index in [1.54, 1.807) is 36.3 Å². The second-order valence-electron chi connectivity index (χ2n) is 8.77. The first-order valence-electron chi connectivity index (χ1n) is 11.8. The Balaban J connectivity index is 1.86. The number of aromatic nitrogens is 1. The predicted molar refractivity (Wildman–Crippen MR) is 144 cm³/mol. The van der Waals surface area contributed by atoms with Gasteiger partial charge in [-0.2, -0.15) is 5.10 Å². The number of hydrogen-bond donors (Lipinski definition) is 2. The van der Waals surface area contributed by atoms with E-state index >= 15 is 4.39 Å². The van der Waals surface area contributed by atoms with Crippen LogP contribution >= 0.6 is 11.3 Å². The fourth-order valence-corrected chi connectivity index (χ4v) is 4.61. The van der Waals surface area contributed by atoms with Gasteiger partial charge in [0.1, 0.15) is 11.7 Å². The molecule has 0 amide bonds. The third-order valence-electron chi connectivity index (χ3n) is 6.13. The Morgan fingerprint density at radius 3 is 2.67 bits per heavy atom. The molecular formula is C27H34F2N4O2S. The number of rotatable bonds is 11. The number of aliphatic hydroxyl groups excluding tert-OH is 1. The van der Waals surface area contributed by atoms with Gasteiger partial charge in [0.15, 0.2) is 11.6 Å². The molecule has 0 radical (unpaired) electrons. The van der Waals surface area contributed by atoms with Crippen LogP contribution in [0.1, 0.15) is 44.7 Å². The number of hydrogen-bond acceptors (Lipinski definition) is 7. The normalized spacial score (nSPS) is 13.6. The highest BCUT2D eigenvalue weighted by molar-refractivity contribution is 7.18. The molecule has 1 aromatic heterocycles. The van der Waals surface area contributed by atoms with Gasteiger partial charge in [0, 0.05) is 36.8 Å². The summed E-state index contributed by atoms with van der Waals surface area (Å²) in [4.78, 5) is 4.60. The highest BCUT2D eigenvalue weighted by Gasteiger charge is 2.18. The van der Waals surface area contributed by atoms with Gasteiger partial charge in [-0.3, -0.25) is 5.01 Å². The van der Waals surface area contributed by atoms with Gasteiger partial charge in [-0.05, 0) is 58.0 Å². The van der Waals surface area contributed by atoms with Gasteiger partial charge >= 0.3 is 0 Å². The maximum Gasteiger partial charge on any atom is 0.171 e. The molecule has 0 bridgehead atoms. The Labute approximate surface area is 215 Å². The zero-order chi connectivity index (χ0) is 26.4. The molecule has 1 unspecified atom stereocenters. The van der Waals surface area contributed by atoms with E-state index in [9.17, 15) is 9.50 Å². The number of benzene rings is 2. The lowest BCUT2D eigenvalue weighted by Crippen LogP contribution is -2.19. The van der Waals surface area contributed by atoms with E-state index in [2.05, 4.69) is 15.4 Å². The van der Waals surface area contributed by atoms with Crippen LogP contribution < -0.4 is 10.1 Å². The van der Waals surface area contributed by atoms with Crippen molar-refractivity contribution in [2.24, 2.45) is 5.10 Å². The van der Waals surface area contributed by atoms with Crippen molar-refractivity contribution in [1.82, 2.24) is 15.3 Å². The molecule has 3 rings (SSSR count). The molecule has 1 heterocycles. The largest absolute Gasteiger partial charge is 0.490 e. The number of ether oxygens (including phenoxy) is 1. The fourth-order valence-electron chi connectivity index (χ4n) is 3.59. The Kier molecular flexibility index (Phi) is 9.53. The minimum absolute atomic E-state index is 0.0324. The molecule has 36 heavy (non-hydrogen) atoms. The van der Waals surface area contributed by atoms with E-state index in [1.807, 2.05) is 46.1 Å². The van der Waals surface area contributed by atoms with Crippen molar-refractivity contribution >= 4 is 27.3 Å². The number of aliphatic hydroxyl groups is 1. The third kappa shape index (κ3) is 6.46. The third-order valence-corrected chi connectivity index (χ3v) is 7.15. The molecular weight excluding hydrogens is 482 g/mol. The highest BCUT2D eigenvalue weighted by atomic mass is 32.1. The standard InChI is InChI=1S/C27H34F2N4O2S/c1-16(18(3)33(6)32-17(2)19(4)34)11-12-35-27-22(9-7-21(14-28)26(27)29)20-8-10-23-24(13-20)36-25(31-23)15-30-5/h7-10,13,19,30,34H,11-12,14-15H2,1-6H3/b18-16+,32-17+. The number of thiazole rings is 1. The van der Waals surface area contributed by atoms with Gasteiger partial charge in [0.2, 0.25) is 0 Å². The highest BCUT2D eigenvalue weighted by Crippen LogP contribution is 2.37. The van der Waals surface area contributed by atoms with Crippen LogP contribution in [0, 0.1) is 5.82 Å². The average Bonchev–Trinajstić information content (AvgIpc) is 3.26. The van der Waals surface area contributed by atoms with Crippen molar-refractivity contribution in [3.8, 4) is 16.9 Å². The molecule has 1 atom stereocenters. The first-order chi connectivity index (χ1) is 17.2. The molecule has 0 spiro atoms. The van der Waals surface area contributed by atoms with Crippen LogP contribution in [0.25, 0.3) is 21.3 Å². The number of alkyl halides is 1. The summed E-state index contributed by atoms with van der Waals surface area (Å²) < 4.78 is 35.6. The molecule has 3 aromatic rings. The SMILES string of the molecule is CNCc1nc2ccc(-c3ccc(CF)c(F)c3OCC/C(C)=C(\C)N(C)/N=C(\C)C(C)O)cc2s1. The zero-order valence-electron chi connectivity index (χ0n) is 21.7. The molecule has 0 saturated carbocycles. The first kappa shape index (κ1) is 27.7. The summed E-state index contributed by atoms with van der Waals surface area (Å²) in [6, 6.07) is 8.93. The van der Waals surface area contributed by atoms with Crippen molar-refractivity contribution in [2.45, 2.75) is 53.4 Å². The van der Waals surface area contributed by atoms with E-state index in [-0.39, 0.29) is 17.9 Å². The summed E-state index contributed by atoms with van der Waals surface area (Å²) in [6.07, 6.45) is -0.105. The van der Waals surface area contributed by atoms with Crippen LogP contribution in [0.2, 0.25) is 0 Å². The molecule has 6 nitrogen and oxygen atoms in total. The Morgan fingerprint density at radius 1 is 1.25 bits per heavy atom. The van der Waals surface area contributed by atoms with Crippen molar-refractivity contribution in [3.05, 3.63) is 58.0 Å². The Hall–Kier alpha value is -2.88. The summed E-state index contributed by atoms with van der Waals surface area (Å²) in [5, 5.41) is 19.8. The average molecular weight is 517 g/mol. The molecule has 0 aliphatic heterocycles. The minimum Gasteiger partial charge on any atom is -0.490 e. The maximum atomic E-state index is 15.2. The fraction of sp³-hybridized carbons (Fsp3) is 0.407. The lowest BCUT2D eigenvalue weighted by atomic mass is 10.0. The van der Waals surface area contributed by atoms with E-state index in [4.69, 9.17) is 4.74 Å². The molecule has 0 aliphatic rings. The molecule has 194 valence electrons. The minimum atomic E-state index is -0.910. The lowest BCUT2D eigenvalue weighted by molar-refractivity contribution is 0.257. The summed E-state index contributed by atoms with van der Waals surface area (Å²) >= 11 is 1.58. The monoisotopic (exact) mass is 516 g/mol. The molecule has 0 aliphatic carbocycles. The van der Waals surface area contributed by atoms with Gasteiger partial charge in [-0.25, -0.2) is 13.8 Å². The zero-order valence-corrected chi connectivity index (χ0v) is 22.5. The van der Waals surface area contributed by atoms with Gasteiger partial charge in [0.25, 0.3) is 0 Å². The Bertz CT molecular complexity index is 1270. The molecule has 2 N–H and O–H groups in total. The molecule has 0 fully saturated rings. The van der Waals surface area contributed by atoms with E-state index in [1.165, 1.54) is 6.07 Å². The van der Waals surface area contributed by atoms with Gasteiger partial charge in [-0.1, -0.05) is 18.2 Å². The van der Waals surface area contributed by atoms with Gasteiger partial charge < -0.3 is 15.2 Å². The van der Waals surface area contributed by atoms with Crippen LogP contribution in [0.4, 0.5) is 8.78 Å². The molecule has 9 heteroatoms. The number of nitrogens with one attached hydrogen (secondary N) is 1. The number of fused-ring (bicyclic) bond motifs is 1. The predicted octanol–water partition coefficient (Wildman–Crippen LogP) is 6.04. The number of halogens is 2. The summed E-state index contributed by atoms with van der Waals surface area (Å²) in [5.74, 6) is -0.630. The van der Waals surface area contributed by atoms with E-state index in [0.29, 0.717) is 24.2 Å². The maximum absolute atomic E-state index is 15.2. The molecule has 0 saturated heterocycles. The van der Waals surface area contributed by atoms with Crippen LogP contribution in [0.3, 0.4) is 0 Å². The summed E-state index contributed by atoms with van der Waals surface area (Å²) in [7, 11) is 3.68. The summed E-state index contributed by atoms with van der Waals surface area (Å²) in [6.45, 7) is 7.29. The van der Waals surface area contributed by atoms with Crippen molar-refractivity contribution < 1.29 is 18.6 Å². The summed E-state index contributed by atoms with van der Waals surface area (Å²) in [5.41, 5.74) is 4.72. The van der Waals surface area contributed by atoms with Crippen molar-refractivity contribution in [3.63, 3.8) is 0 Å². The lowest BCUT2D eigenvalue weighted by Gasteiger charge is -2.19. The quantitative estimate of drug-likeness (QED) is 0.240. The number of nitrogens with zero attached hydrogens (tertiary/aromatic N) is 3. The molecule has 2 aromatic carbocycles. The van der Waals surface area contributed by atoms with E-state index < -0.39 is 18.6 Å². The smallest absolute Gasteiger partial charge is 0.171 e. The van der Waals surface area contributed by atoms with Gasteiger partial charge in [-0.15, -0.1) is 11.3 Å². The van der Waals surface area contributed by atoms with Crippen LogP contribution in [-0.2, 0) is 13.2 Å². The Morgan fingerprint density at radius 2 is 2.00 bits per heavy atom. The number of hydrazone groups is 1.